The van der Waals surface area contributed by atoms with Crippen LogP contribution < -0.4 is 0 Å². The van der Waals surface area contributed by atoms with Gasteiger partial charge in [0, 0.05) is 0 Å². The summed E-state index contributed by atoms with van der Waals surface area (Å²) in [5, 5.41) is 0. The lowest BCUT2D eigenvalue weighted by atomic mass is 9.92. The van der Waals surface area contributed by atoms with Gasteiger partial charge in [-0.3, -0.25) is 0 Å². The molecule has 1 nitrogen and oxygen atoms in total. The lowest BCUT2D eigenvalue weighted by Crippen LogP contribution is -1.96. The molecule has 1 saturated carbocycles. The van der Waals surface area contributed by atoms with Crippen LogP contribution in [0.2, 0.25) is 0 Å². The molecule has 1 heteroatoms. The van der Waals surface area contributed by atoms with E-state index >= 15 is 0 Å². The molecule has 1 fully saturated rings. The highest BCUT2D eigenvalue weighted by molar-refractivity contribution is 5.71. The van der Waals surface area contributed by atoms with Gasteiger partial charge in [0.15, 0.2) is 0 Å². The molecule has 1 aromatic carbocycles. The number of allylic oxidation sites excluding steroid dienone is 1. The minimum Gasteiger partial charge on any atom is -0.304 e. The van der Waals surface area contributed by atoms with Crippen LogP contribution in [0.5, 0.6) is 0 Å². The molecular formula is C21H28O. The Morgan fingerprint density at radius 3 is 2.50 bits per heavy atom. The minimum absolute atomic E-state index is 0.750. The monoisotopic (exact) mass is 296 g/mol. The second-order valence-electron chi connectivity index (χ2n) is 6.76. The molecule has 0 saturated heterocycles. The number of aldehydes is 1. The maximum atomic E-state index is 8.81. The molecule has 2 aliphatic rings. The summed E-state index contributed by atoms with van der Waals surface area (Å²) in [7, 11) is 0. The van der Waals surface area contributed by atoms with Crippen molar-refractivity contribution in [3.63, 3.8) is 0 Å². The number of carbonyl (C=O) groups is 1. The number of hydrogen-bond acceptors (Lipinski definition) is 1. The topological polar surface area (TPSA) is 17.1 Å². The van der Waals surface area contributed by atoms with Crippen LogP contribution in [0.4, 0.5) is 0 Å². The fraction of sp³-hybridized carbons (Fsp3) is 0.476. The van der Waals surface area contributed by atoms with Gasteiger partial charge in [-0.1, -0.05) is 37.3 Å². The Morgan fingerprint density at radius 2 is 1.95 bits per heavy atom. The summed E-state index contributed by atoms with van der Waals surface area (Å²) in [6.45, 7) is 12.4. The van der Waals surface area contributed by atoms with Crippen molar-refractivity contribution in [1.29, 1.82) is 0 Å². The predicted molar refractivity (Wildman–Crippen MR) is 96.0 cm³/mol. The van der Waals surface area contributed by atoms with Gasteiger partial charge in [0.2, 0.25) is 0 Å². The first-order valence-corrected chi connectivity index (χ1v) is 8.37. The molecular weight excluding hydrogens is 268 g/mol. The zero-order valence-electron chi connectivity index (χ0n) is 14.4. The van der Waals surface area contributed by atoms with Crippen LogP contribution in [0.1, 0.15) is 61.4 Å². The van der Waals surface area contributed by atoms with Crippen molar-refractivity contribution in [2.45, 2.75) is 53.4 Å². The Morgan fingerprint density at radius 1 is 1.32 bits per heavy atom. The average Bonchev–Trinajstić information content (AvgIpc) is 3.25. The van der Waals surface area contributed by atoms with E-state index in [2.05, 4.69) is 39.5 Å². The zero-order chi connectivity index (χ0) is 16.3. The van der Waals surface area contributed by atoms with E-state index in [4.69, 9.17) is 4.79 Å². The van der Waals surface area contributed by atoms with E-state index < -0.39 is 0 Å². The average molecular weight is 296 g/mol. The Bertz CT molecular complexity index is 603. The highest BCUT2D eigenvalue weighted by atomic mass is 16.1. The second-order valence-corrected chi connectivity index (χ2v) is 6.76. The smallest absolute Gasteiger partial charge is 0.116 e. The first kappa shape index (κ1) is 16.7. The molecule has 22 heavy (non-hydrogen) atoms. The van der Waals surface area contributed by atoms with E-state index in [1.54, 1.807) is 16.7 Å². The van der Waals surface area contributed by atoms with Crippen molar-refractivity contribution in [1.82, 2.24) is 0 Å². The number of carbonyl (C=O) groups excluding carboxylic acids is 1. The van der Waals surface area contributed by atoms with E-state index in [0.717, 1.165) is 18.1 Å². The molecule has 0 radical (unpaired) electrons. The molecule has 1 unspecified atom stereocenters. The molecule has 0 heterocycles. The Kier molecular flexibility index (Phi) is 5.39. The third-order valence-electron chi connectivity index (χ3n) is 4.82. The van der Waals surface area contributed by atoms with Gasteiger partial charge in [-0.25, -0.2) is 0 Å². The van der Waals surface area contributed by atoms with Crippen LogP contribution in [0, 0.1) is 18.8 Å². The Balaban J connectivity index is 0.000000545. The number of hydrogen-bond donors (Lipinski definition) is 0. The van der Waals surface area contributed by atoms with Crippen molar-refractivity contribution >= 4 is 18.4 Å². The molecule has 0 aromatic heterocycles. The van der Waals surface area contributed by atoms with Gasteiger partial charge in [-0.15, -0.1) is 0 Å². The standard InChI is InChI=1S/C19H24.C2H4O/c1-5-15-11-17-8-12(2)9-18(17)14(4)19(15)10-13(3)16-6-7-16;1-2-3/h5,10-12,16H,1,6-9H2,2-4H3;2H,1H3/b13-10+;. The fourth-order valence-corrected chi connectivity index (χ4v) is 3.48. The third-order valence-corrected chi connectivity index (χ3v) is 4.82. The van der Waals surface area contributed by atoms with Crippen molar-refractivity contribution in [3.05, 3.63) is 46.0 Å². The Hall–Kier alpha value is -1.63. The maximum Gasteiger partial charge on any atom is 0.116 e. The molecule has 2 aliphatic carbocycles. The van der Waals surface area contributed by atoms with Gasteiger partial charge in [0.1, 0.15) is 6.29 Å². The van der Waals surface area contributed by atoms with Crippen LogP contribution >= 0.6 is 0 Å². The highest BCUT2D eigenvalue weighted by Gasteiger charge is 2.25. The highest BCUT2D eigenvalue weighted by Crippen LogP contribution is 2.39. The lowest BCUT2D eigenvalue weighted by molar-refractivity contribution is -0.106. The van der Waals surface area contributed by atoms with Crippen LogP contribution in [0.15, 0.2) is 18.2 Å². The van der Waals surface area contributed by atoms with Crippen molar-refractivity contribution in [3.8, 4) is 0 Å². The van der Waals surface area contributed by atoms with Crippen molar-refractivity contribution in [2.75, 3.05) is 0 Å². The van der Waals surface area contributed by atoms with Gasteiger partial charge in [0.05, 0.1) is 0 Å². The van der Waals surface area contributed by atoms with Crippen molar-refractivity contribution in [2.24, 2.45) is 11.8 Å². The van der Waals surface area contributed by atoms with E-state index in [0.29, 0.717) is 0 Å². The van der Waals surface area contributed by atoms with Gasteiger partial charge in [-0.05, 0) is 86.1 Å². The lowest BCUT2D eigenvalue weighted by Gasteiger charge is -2.13. The van der Waals surface area contributed by atoms with E-state index in [9.17, 15) is 0 Å². The second kappa shape index (κ2) is 7.09. The minimum atomic E-state index is 0.750. The fourth-order valence-electron chi connectivity index (χ4n) is 3.48. The summed E-state index contributed by atoms with van der Waals surface area (Å²) >= 11 is 0. The molecule has 0 spiro atoms. The molecule has 118 valence electrons. The summed E-state index contributed by atoms with van der Waals surface area (Å²) in [4.78, 5) is 8.81. The molecule has 3 rings (SSSR count). The first-order chi connectivity index (χ1) is 10.5. The molecule has 0 bridgehead atoms. The molecule has 0 amide bonds. The van der Waals surface area contributed by atoms with Crippen LogP contribution in [-0.4, -0.2) is 6.29 Å². The van der Waals surface area contributed by atoms with Gasteiger partial charge in [-0.2, -0.15) is 0 Å². The summed E-state index contributed by atoms with van der Waals surface area (Å²) in [6.07, 6.45) is 10.5. The quantitative estimate of drug-likeness (QED) is 0.683. The van der Waals surface area contributed by atoms with Gasteiger partial charge in [0.25, 0.3) is 0 Å². The molecule has 1 aromatic rings. The van der Waals surface area contributed by atoms with Crippen LogP contribution in [0.25, 0.3) is 12.2 Å². The zero-order valence-corrected chi connectivity index (χ0v) is 14.4. The van der Waals surface area contributed by atoms with Crippen LogP contribution in [-0.2, 0) is 17.6 Å². The molecule has 0 aliphatic heterocycles. The molecule has 1 atom stereocenters. The summed E-state index contributed by atoms with van der Waals surface area (Å²) in [6, 6.07) is 2.38. The first-order valence-electron chi connectivity index (χ1n) is 8.37. The summed E-state index contributed by atoms with van der Waals surface area (Å²) in [5.41, 5.74) is 8.96. The van der Waals surface area contributed by atoms with E-state index in [-0.39, 0.29) is 0 Å². The van der Waals surface area contributed by atoms with Gasteiger partial charge >= 0.3 is 0 Å². The van der Waals surface area contributed by atoms with Gasteiger partial charge < -0.3 is 4.79 Å². The number of benzene rings is 1. The number of fused-ring (bicyclic) bond motifs is 1. The number of rotatable bonds is 3. The van der Waals surface area contributed by atoms with Crippen LogP contribution in [0.3, 0.4) is 0 Å². The SMILES string of the molecule is C=Cc1cc2c(c(C)c1/C=C(\C)C1CC1)CC(C)C2.CC=O. The van der Waals surface area contributed by atoms with E-state index in [1.165, 1.54) is 49.3 Å². The normalized spacial score (nSPS) is 20.0. The molecule has 0 N–H and O–H groups in total. The van der Waals surface area contributed by atoms with E-state index in [1.807, 2.05) is 6.08 Å². The Labute approximate surface area is 135 Å². The van der Waals surface area contributed by atoms with Crippen molar-refractivity contribution < 1.29 is 4.79 Å². The summed E-state index contributed by atoms with van der Waals surface area (Å²) in [5.74, 6) is 1.65. The largest absolute Gasteiger partial charge is 0.304 e. The predicted octanol–water partition coefficient (Wildman–Crippen LogP) is 5.39. The third kappa shape index (κ3) is 3.58. The maximum absolute atomic E-state index is 8.81. The summed E-state index contributed by atoms with van der Waals surface area (Å²) < 4.78 is 0.